The van der Waals surface area contributed by atoms with Crippen molar-refractivity contribution in [3.05, 3.63) is 11.8 Å². The molecule has 3 atom stereocenters. The van der Waals surface area contributed by atoms with Crippen LogP contribution in [0.15, 0.2) is 11.8 Å². The molecule has 0 saturated heterocycles. The van der Waals surface area contributed by atoms with E-state index in [0.717, 1.165) is 6.42 Å². The first kappa shape index (κ1) is 59.0. The van der Waals surface area contributed by atoms with Gasteiger partial charge in [-0.15, -0.1) is 0 Å². The lowest BCUT2D eigenvalue weighted by Gasteiger charge is -2.07. The molecule has 0 fully saturated rings. The lowest BCUT2D eigenvalue weighted by molar-refractivity contribution is -0.127. The van der Waals surface area contributed by atoms with Gasteiger partial charge in [-0.05, 0) is 27.3 Å². The third-order valence-electron chi connectivity index (χ3n) is 3.44. The Balaban J connectivity index is -0.0000000343. The molecule has 0 aromatic rings. The van der Waals surface area contributed by atoms with Gasteiger partial charge in [0.2, 0.25) is 11.8 Å². The highest BCUT2D eigenvalue weighted by Crippen LogP contribution is 1.89. The average Bonchev–Trinajstić information content (AvgIpc) is 2.73. The van der Waals surface area contributed by atoms with Gasteiger partial charge in [-0.2, -0.15) is 19.8 Å². The van der Waals surface area contributed by atoms with E-state index in [9.17, 15) is 19.2 Å². The van der Waals surface area contributed by atoms with Gasteiger partial charge in [0.05, 0.1) is 11.7 Å². The number of likely N-dealkylation sites (N-methyl/N-ethyl adjacent to an activating group) is 2. The highest BCUT2D eigenvalue weighted by atomic mass is 31.0. The second-order valence-electron chi connectivity index (χ2n) is 6.20. The van der Waals surface area contributed by atoms with Crippen molar-refractivity contribution in [3.63, 3.8) is 0 Å². The number of nitrogens with one attached hydrogen (secondary N) is 2. The standard InChI is InChI=1S/C6H13NO.C6H11NO.2C4H9NO.2C2H6.CH4.2H3P/c2*1-4-6(7-3)5(2)8;2*1-4(6)5(2)3;2*1-2;;;/h6-7H,4H2,1-3H3;4,7H,1-3H3;2*1-3H3;2*1-2H3;1H4;2*1H3/b;6-4-;;;;;;;. The number of carbonyl (C=O) groups excluding carboxylic acids is 4. The van der Waals surface area contributed by atoms with Crippen molar-refractivity contribution in [1.29, 1.82) is 0 Å². The van der Waals surface area contributed by atoms with Crippen LogP contribution in [-0.4, -0.2) is 81.5 Å². The Kier molecular flexibility index (Phi) is 77.7. The maximum atomic E-state index is 10.5. The molecule has 0 rings (SSSR count). The molecule has 35 heavy (non-hydrogen) atoms. The van der Waals surface area contributed by atoms with Gasteiger partial charge in [0.25, 0.3) is 0 Å². The SMILES string of the molecule is C.C/C=C(\NC)C(C)=O.CC.CC.CC(=O)N(C)C.CC(=O)N(C)C.CCC(NC)C(C)=O.P.P. The van der Waals surface area contributed by atoms with Crippen molar-refractivity contribution in [1.82, 2.24) is 20.4 Å². The summed E-state index contributed by atoms with van der Waals surface area (Å²) < 4.78 is 0. The number of ketones is 2. The van der Waals surface area contributed by atoms with E-state index < -0.39 is 0 Å². The minimum atomic E-state index is 0. The molecule has 10 heteroatoms. The smallest absolute Gasteiger partial charge is 0.218 e. The van der Waals surface area contributed by atoms with Crippen molar-refractivity contribution in [3.8, 4) is 0 Å². The molecule has 0 aliphatic rings. The maximum absolute atomic E-state index is 10.5. The fourth-order valence-corrected chi connectivity index (χ4v) is 1.22. The number of Topliss-reactive ketones (excluding diaryl/α,β-unsaturated/α-hetero) is 2. The van der Waals surface area contributed by atoms with Crippen LogP contribution in [0.4, 0.5) is 0 Å². The Hall–Kier alpha value is -1.36. The lowest BCUT2D eigenvalue weighted by Crippen LogP contribution is -2.31. The Morgan fingerprint density at radius 1 is 0.771 bits per heavy atom. The second kappa shape index (κ2) is 46.0. The van der Waals surface area contributed by atoms with Gasteiger partial charge in [0.1, 0.15) is 5.78 Å². The van der Waals surface area contributed by atoms with Gasteiger partial charge in [-0.25, -0.2) is 0 Å². The van der Waals surface area contributed by atoms with E-state index in [0.29, 0.717) is 5.70 Å². The molecule has 0 radical (unpaired) electrons. The van der Waals surface area contributed by atoms with Gasteiger partial charge < -0.3 is 20.4 Å². The van der Waals surface area contributed by atoms with E-state index in [-0.39, 0.29) is 56.6 Å². The average molecular weight is 547 g/mol. The van der Waals surface area contributed by atoms with Gasteiger partial charge >= 0.3 is 0 Å². The highest BCUT2D eigenvalue weighted by molar-refractivity contribution is 6.92. The molecule has 0 aliphatic carbocycles. The van der Waals surface area contributed by atoms with Crippen LogP contribution in [0.5, 0.6) is 0 Å². The topological polar surface area (TPSA) is 98.8 Å². The van der Waals surface area contributed by atoms with Crippen LogP contribution in [-0.2, 0) is 19.2 Å². The first-order valence-corrected chi connectivity index (χ1v) is 11.1. The lowest BCUT2D eigenvalue weighted by atomic mass is 10.1. The summed E-state index contributed by atoms with van der Waals surface area (Å²) in [5, 5.41) is 5.66. The maximum Gasteiger partial charge on any atom is 0.218 e. The first-order chi connectivity index (χ1) is 14.7. The van der Waals surface area contributed by atoms with Crippen molar-refractivity contribution >= 4 is 43.2 Å². The fourth-order valence-electron chi connectivity index (χ4n) is 1.22. The first-order valence-electron chi connectivity index (χ1n) is 11.1. The third kappa shape index (κ3) is 59.8. The number of carbonyl (C=O) groups is 4. The summed E-state index contributed by atoms with van der Waals surface area (Å²) in [7, 11) is 10.4. The fraction of sp³-hybridized carbons (Fsp3) is 0.760. The van der Waals surface area contributed by atoms with Crippen LogP contribution in [0.2, 0.25) is 0 Å². The molecule has 218 valence electrons. The van der Waals surface area contributed by atoms with Crippen molar-refractivity contribution in [2.45, 2.75) is 89.1 Å². The molecule has 2 N–H and O–H groups in total. The molecule has 0 spiro atoms. The summed E-state index contributed by atoms with van der Waals surface area (Å²) in [6.45, 7) is 18.0. The summed E-state index contributed by atoms with van der Waals surface area (Å²) in [6, 6.07) is 0.0648. The largest absolute Gasteiger partial charge is 0.386 e. The Morgan fingerprint density at radius 2 is 1.03 bits per heavy atom. The molecule has 0 heterocycles. The van der Waals surface area contributed by atoms with Crippen LogP contribution in [0.1, 0.15) is 83.1 Å². The van der Waals surface area contributed by atoms with E-state index >= 15 is 0 Å². The second-order valence-corrected chi connectivity index (χ2v) is 6.20. The Morgan fingerprint density at radius 3 is 1.03 bits per heavy atom. The normalized spacial score (nSPS) is 8.63. The van der Waals surface area contributed by atoms with Crippen LogP contribution in [0, 0.1) is 0 Å². The predicted octanol–water partition coefficient (Wildman–Crippen LogP) is 4.27. The van der Waals surface area contributed by atoms with E-state index in [1.54, 1.807) is 55.3 Å². The Bertz CT molecular complexity index is 478. The van der Waals surface area contributed by atoms with Crippen molar-refractivity contribution in [2.24, 2.45) is 0 Å². The van der Waals surface area contributed by atoms with Crippen molar-refractivity contribution in [2.75, 3.05) is 42.3 Å². The Labute approximate surface area is 226 Å². The molecule has 0 bridgehead atoms. The summed E-state index contributed by atoms with van der Waals surface area (Å²) in [5.74, 6) is 0.481. The zero-order valence-corrected chi connectivity index (χ0v) is 28.1. The molecule has 0 aromatic heterocycles. The number of nitrogens with zero attached hydrogens (tertiary/aromatic N) is 2. The number of allylic oxidation sites excluding steroid dienone is 2. The molecule has 8 nitrogen and oxygen atoms in total. The molecule has 0 saturated carbocycles. The quantitative estimate of drug-likeness (QED) is 0.395. The minimum Gasteiger partial charge on any atom is -0.386 e. The monoisotopic (exact) mass is 546 g/mol. The molecule has 0 aromatic carbocycles. The van der Waals surface area contributed by atoms with Crippen LogP contribution in [0.3, 0.4) is 0 Å². The van der Waals surface area contributed by atoms with E-state index in [1.807, 2.05) is 41.5 Å². The molecular formula is C25H64N4O4P2. The molecular weight excluding hydrogens is 482 g/mol. The molecule has 2 amide bonds. The van der Waals surface area contributed by atoms with Gasteiger partial charge in [0.15, 0.2) is 5.78 Å². The number of hydrogen-bond acceptors (Lipinski definition) is 6. The zero-order chi connectivity index (χ0) is 27.4. The number of hydrogen-bond donors (Lipinski definition) is 2. The van der Waals surface area contributed by atoms with Crippen molar-refractivity contribution < 1.29 is 19.2 Å². The van der Waals surface area contributed by atoms with Crippen LogP contribution in [0.25, 0.3) is 0 Å². The van der Waals surface area contributed by atoms with Gasteiger partial charge in [-0.3, -0.25) is 19.2 Å². The van der Waals surface area contributed by atoms with E-state index in [2.05, 4.69) is 10.6 Å². The molecule has 3 unspecified atom stereocenters. The minimum absolute atomic E-state index is 0. The van der Waals surface area contributed by atoms with Gasteiger partial charge in [-0.1, -0.05) is 48.1 Å². The summed E-state index contributed by atoms with van der Waals surface area (Å²) in [4.78, 5) is 44.2. The number of amides is 2. The zero-order valence-electron chi connectivity index (χ0n) is 25.3. The summed E-state index contributed by atoms with van der Waals surface area (Å²) in [5.41, 5.74) is 0.671. The third-order valence-corrected chi connectivity index (χ3v) is 3.44. The summed E-state index contributed by atoms with van der Waals surface area (Å²) >= 11 is 0. The van der Waals surface area contributed by atoms with E-state index in [4.69, 9.17) is 0 Å². The summed E-state index contributed by atoms with van der Waals surface area (Å²) in [6.07, 6.45) is 2.63. The molecule has 0 aliphatic heterocycles. The van der Waals surface area contributed by atoms with Gasteiger partial charge in [0, 0.05) is 56.0 Å². The number of rotatable bonds is 5. The predicted molar refractivity (Wildman–Crippen MR) is 168 cm³/mol. The van der Waals surface area contributed by atoms with E-state index in [1.165, 1.54) is 30.6 Å². The van der Waals surface area contributed by atoms with Crippen LogP contribution < -0.4 is 10.6 Å². The highest BCUT2D eigenvalue weighted by Gasteiger charge is 2.05. The van der Waals surface area contributed by atoms with Crippen LogP contribution >= 0.6 is 19.8 Å².